The molecule has 1 amide bonds. The summed E-state index contributed by atoms with van der Waals surface area (Å²) in [4.78, 5) is 16.3. The first-order valence-corrected chi connectivity index (χ1v) is 8.81. The fourth-order valence-corrected chi connectivity index (χ4v) is 3.42. The van der Waals surface area contributed by atoms with E-state index in [1.54, 1.807) is 11.8 Å². The van der Waals surface area contributed by atoms with Gasteiger partial charge in [-0.1, -0.05) is 42.1 Å². The number of thioether (sulfide) groups is 1. The van der Waals surface area contributed by atoms with Crippen molar-refractivity contribution in [1.82, 2.24) is 9.55 Å². The number of carbonyl (C=O) groups is 1. The van der Waals surface area contributed by atoms with Gasteiger partial charge >= 0.3 is 0 Å². The molecular weight excluding hydrogens is 324 g/mol. The van der Waals surface area contributed by atoms with Gasteiger partial charge in [0.15, 0.2) is 16.7 Å². The Morgan fingerprint density at radius 2 is 2.25 bits per heavy atom. The Morgan fingerprint density at radius 3 is 3.04 bits per heavy atom. The van der Waals surface area contributed by atoms with E-state index in [-0.39, 0.29) is 5.91 Å². The van der Waals surface area contributed by atoms with Gasteiger partial charge in [0.05, 0.1) is 6.61 Å². The molecule has 0 bridgehead atoms. The fourth-order valence-electron chi connectivity index (χ4n) is 2.47. The molecule has 24 heavy (non-hydrogen) atoms. The highest BCUT2D eigenvalue weighted by molar-refractivity contribution is 7.99. The minimum atomic E-state index is -0.142. The summed E-state index contributed by atoms with van der Waals surface area (Å²) >= 11 is 1.60. The first kappa shape index (κ1) is 16.6. The molecule has 2 aromatic rings. The van der Waals surface area contributed by atoms with Crippen molar-refractivity contribution in [1.29, 1.82) is 5.26 Å². The smallest absolute Gasteiger partial charge is 0.225 e. The van der Waals surface area contributed by atoms with E-state index in [2.05, 4.69) is 16.4 Å². The summed E-state index contributed by atoms with van der Waals surface area (Å²) in [5.41, 5.74) is 1.55. The molecule has 0 saturated heterocycles. The Kier molecular flexibility index (Phi) is 5.51. The normalized spacial score (nSPS) is 12.6. The summed E-state index contributed by atoms with van der Waals surface area (Å²) < 4.78 is 7.41. The molecule has 1 aliphatic heterocycles. The van der Waals surface area contributed by atoms with Crippen LogP contribution >= 0.6 is 11.8 Å². The van der Waals surface area contributed by atoms with E-state index in [1.165, 1.54) is 0 Å². The van der Waals surface area contributed by atoms with Gasteiger partial charge in [-0.05, 0) is 12.0 Å². The number of fused-ring (bicyclic) bond motifs is 1. The number of hydrogen-bond donors (Lipinski definition) is 1. The highest BCUT2D eigenvalue weighted by Crippen LogP contribution is 2.30. The predicted molar refractivity (Wildman–Crippen MR) is 91.6 cm³/mol. The molecule has 0 unspecified atom stereocenters. The quantitative estimate of drug-likeness (QED) is 0.783. The van der Waals surface area contributed by atoms with E-state index in [4.69, 9.17) is 4.74 Å². The monoisotopic (exact) mass is 342 g/mol. The van der Waals surface area contributed by atoms with E-state index in [1.807, 2.05) is 34.9 Å². The minimum Gasteiger partial charge on any atom is -0.377 e. The maximum absolute atomic E-state index is 12.0. The number of nitrogens with zero attached hydrogens (tertiary/aromatic N) is 3. The second-order valence-corrected chi connectivity index (χ2v) is 6.46. The van der Waals surface area contributed by atoms with Crippen molar-refractivity contribution in [3.05, 3.63) is 41.6 Å². The SMILES string of the molecule is N#Cc1c(NC(=O)CCCOCc2ccccc2)nc2n1CCS2. The van der Waals surface area contributed by atoms with Gasteiger partial charge in [-0.2, -0.15) is 5.26 Å². The minimum absolute atomic E-state index is 0.142. The van der Waals surface area contributed by atoms with Crippen molar-refractivity contribution in [3.63, 3.8) is 0 Å². The van der Waals surface area contributed by atoms with E-state index in [0.29, 0.717) is 37.6 Å². The van der Waals surface area contributed by atoms with Crippen LogP contribution in [0.2, 0.25) is 0 Å². The molecule has 0 radical (unpaired) electrons. The summed E-state index contributed by atoms with van der Waals surface area (Å²) in [5.74, 6) is 1.15. The highest BCUT2D eigenvalue weighted by Gasteiger charge is 2.22. The largest absolute Gasteiger partial charge is 0.377 e. The van der Waals surface area contributed by atoms with Gasteiger partial charge in [0, 0.05) is 25.3 Å². The molecular formula is C17H18N4O2S. The number of nitriles is 1. The lowest BCUT2D eigenvalue weighted by molar-refractivity contribution is -0.116. The van der Waals surface area contributed by atoms with Gasteiger partial charge in [-0.25, -0.2) is 4.98 Å². The van der Waals surface area contributed by atoms with Crippen LogP contribution in [0.4, 0.5) is 5.82 Å². The molecule has 1 N–H and O–H groups in total. The van der Waals surface area contributed by atoms with Crippen molar-refractivity contribution >= 4 is 23.5 Å². The summed E-state index contributed by atoms with van der Waals surface area (Å²) in [7, 11) is 0. The van der Waals surface area contributed by atoms with Crippen molar-refractivity contribution in [2.75, 3.05) is 17.7 Å². The lowest BCUT2D eigenvalue weighted by atomic mass is 10.2. The van der Waals surface area contributed by atoms with Crippen LogP contribution in [0, 0.1) is 11.3 Å². The molecule has 124 valence electrons. The van der Waals surface area contributed by atoms with Gasteiger partial charge in [-0.15, -0.1) is 0 Å². The zero-order chi connectivity index (χ0) is 16.8. The molecule has 1 aromatic heterocycles. The number of carbonyl (C=O) groups excluding carboxylic acids is 1. The average Bonchev–Trinajstić information content (AvgIpc) is 3.16. The van der Waals surface area contributed by atoms with Gasteiger partial charge in [-0.3, -0.25) is 4.79 Å². The number of hydrogen-bond acceptors (Lipinski definition) is 5. The number of nitrogens with one attached hydrogen (secondary N) is 1. The summed E-state index contributed by atoms with van der Waals surface area (Å²) in [6, 6.07) is 12.0. The number of aromatic nitrogens is 2. The molecule has 0 fully saturated rings. The van der Waals surface area contributed by atoms with E-state index < -0.39 is 0 Å². The van der Waals surface area contributed by atoms with Crippen molar-refractivity contribution in [2.24, 2.45) is 0 Å². The van der Waals surface area contributed by atoms with Crippen LogP contribution < -0.4 is 5.32 Å². The molecule has 0 spiro atoms. The molecule has 2 heterocycles. The fraction of sp³-hybridized carbons (Fsp3) is 0.353. The lowest BCUT2D eigenvalue weighted by Gasteiger charge is -2.05. The van der Waals surface area contributed by atoms with Crippen LogP contribution in [0.5, 0.6) is 0 Å². The molecule has 7 heteroatoms. The standard InChI is InChI=1S/C17H18N4O2S/c18-11-14-16(20-17-21(14)8-10-24-17)19-15(22)7-4-9-23-12-13-5-2-1-3-6-13/h1-3,5-6H,4,7-10,12H2,(H,19,22). The number of amides is 1. The van der Waals surface area contributed by atoms with Gasteiger partial charge in [0.25, 0.3) is 0 Å². The number of rotatable bonds is 7. The topological polar surface area (TPSA) is 79.9 Å². The first-order chi connectivity index (χ1) is 11.8. The van der Waals surface area contributed by atoms with Crippen molar-refractivity contribution in [2.45, 2.75) is 31.1 Å². The molecule has 0 saturated carbocycles. The summed E-state index contributed by atoms with van der Waals surface area (Å²) in [5, 5.41) is 12.8. The van der Waals surface area contributed by atoms with Crippen molar-refractivity contribution in [3.8, 4) is 6.07 Å². The van der Waals surface area contributed by atoms with Gasteiger partial charge in [0.1, 0.15) is 6.07 Å². The first-order valence-electron chi connectivity index (χ1n) is 7.83. The third kappa shape index (κ3) is 3.96. The van der Waals surface area contributed by atoms with E-state index >= 15 is 0 Å². The molecule has 6 nitrogen and oxygen atoms in total. The predicted octanol–water partition coefficient (Wildman–Crippen LogP) is 2.80. The summed E-state index contributed by atoms with van der Waals surface area (Å²) in [6.07, 6.45) is 0.970. The maximum atomic E-state index is 12.0. The third-order valence-electron chi connectivity index (χ3n) is 3.65. The molecule has 0 atom stereocenters. The number of ether oxygens (including phenoxy) is 1. The Labute approximate surface area is 144 Å². The van der Waals surface area contributed by atoms with Crippen molar-refractivity contribution < 1.29 is 9.53 Å². The molecule has 0 aliphatic carbocycles. The van der Waals surface area contributed by atoms with Crippen LogP contribution in [-0.2, 0) is 22.7 Å². The van der Waals surface area contributed by atoms with Crippen LogP contribution in [-0.4, -0.2) is 27.8 Å². The van der Waals surface area contributed by atoms with Crippen LogP contribution in [0.1, 0.15) is 24.1 Å². The second kappa shape index (κ2) is 7.99. The summed E-state index contributed by atoms with van der Waals surface area (Å²) in [6.45, 7) is 1.83. The van der Waals surface area contributed by atoms with Crippen LogP contribution in [0.15, 0.2) is 35.5 Å². The Hall–Kier alpha value is -2.30. The van der Waals surface area contributed by atoms with Crippen LogP contribution in [0.25, 0.3) is 0 Å². The molecule has 1 aliphatic rings. The Balaban J connectivity index is 1.41. The Morgan fingerprint density at radius 1 is 1.42 bits per heavy atom. The third-order valence-corrected chi connectivity index (χ3v) is 4.60. The number of anilines is 1. The van der Waals surface area contributed by atoms with Gasteiger partial charge < -0.3 is 14.6 Å². The Bertz CT molecular complexity index is 752. The zero-order valence-electron chi connectivity index (χ0n) is 13.2. The second-order valence-electron chi connectivity index (χ2n) is 5.39. The zero-order valence-corrected chi connectivity index (χ0v) is 14.0. The average molecular weight is 342 g/mol. The highest BCUT2D eigenvalue weighted by atomic mass is 32.2. The van der Waals surface area contributed by atoms with Gasteiger partial charge in [0.2, 0.25) is 5.91 Å². The van der Waals surface area contributed by atoms with Crippen LogP contribution in [0.3, 0.4) is 0 Å². The molecule has 1 aromatic carbocycles. The lowest BCUT2D eigenvalue weighted by Crippen LogP contribution is -2.14. The maximum Gasteiger partial charge on any atom is 0.225 e. The number of imidazole rings is 1. The van der Waals surface area contributed by atoms with E-state index in [0.717, 1.165) is 23.0 Å². The number of benzene rings is 1. The molecule has 3 rings (SSSR count). The van der Waals surface area contributed by atoms with E-state index in [9.17, 15) is 10.1 Å².